The van der Waals surface area contributed by atoms with Crippen molar-refractivity contribution in [1.82, 2.24) is 24.6 Å². The fourth-order valence-corrected chi connectivity index (χ4v) is 5.23. The maximum Gasteiger partial charge on any atom is 0.224 e. The highest BCUT2D eigenvalue weighted by Crippen LogP contribution is 2.29. The fraction of sp³-hybridized carbons (Fsp3) is 0.276. The lowest BCUT2D eigenvalue weighted by molar-refractivity contribution is -0.133. The Hall–Kier alpha value is -3.55. The molecule has 1 saturated heterocycles. The summed E-state index contributed by atoms with van der Waals surface area (Å²) in [5.41, 5.74) is 4.71. The Bertz CT molecular complexity index is 1320. The Kier molecular flexibility index (Phi) is 7.39. The number of rotatable bonds is 7. The summed E-state index contributed by atoms with van der Waals surface area (Å²) in [6, 6.07) is 29.6. The van der Waals surface area contributed by atoms with Crippen molar-refractivity contribution in [3.63, 3.8) is 0 Å². The van der Waals surface area contributed by atoms with Crippen LogP contribution in [0.15, 0.2) is 84.9 Å². The smallest absolute Gasteiger partial charge is 0.224 e. The molecule has 7 heteroatoms. The quantitative estimate of drug-likeness (QED) is 0.355. The molecule has 36 heavy (non-hydrogen) atoms. The van der Waals surface area contributed by atoms with Crippen molar-refractivity contribution in [3.8, 4) is 11.4 Å². The first-order valence-electron chi connectivity index (χ1n) is 12.4. The van der Waals surface area contributed by atoms with Gasteiger partial charge in [0.15, 0.2) is 10.6 Å². The van der Waals surface area contributed by atoms with Crippen molar-refractivity contribution < 1.29 is 4.79 Å². The molecule has 1 aliphatic heterocycles. The Balaban J connectivity index is 1.24. The van der Waals surface area contributed by atoms with Crippen LogP contribution >= 0.6 is 12.2 Å². The van der Waals surface area contributed by atoms with Crippen LogP contribution in [0, 0.1) is 11.7 Å². The molecule has 184 valence electrons. The van der Waals surface area contributed by atoms with Gasteiger partial charge in [-0.3, -0.25) is 19.4 Å². The van der Waals surface area contributed by atoms with Gasteiger partial charge in [-0.1, -0.05) is 84.4 Å². The number of benzene rings is 3. The van der Waals surface area contributed by atoms with E-state index in [4.69, 9.17) is 12.2 Å². The van der Waals surface area contributed by atoms with Crippen molar-refractivity contribution in [3.05, 3.63) is 106 Å². The molecular weight excluding hydrogens is 466 g/mol. The first-order chi connectivity index (χ1) is 17.6. The monoisotopic (exact) mass is 497 g/mol. The minimum absolute atomic E-state index is 0.156. The minimum Gasteiger partial charge on any atom is -0.340 e. The fourth-order valence-electron chi connectivity index (χ4n) is 5.01. The summed E-state index contributed by atoms with van der Waals surface area (Å²) in [7, 11) is 0. The van der Waals surface area contributed by atoms with Crippen molar-refractivity contribution in [2.45, 2.75) is 25.9 Å². The van der Waals surface area contributed by atoms with Gasteiger partial charge >= 0.3 is 0 Å². The van der Waals surface area contributed by atoms with E-state index in [2.05, 4.69) is 94.8 Å². The second-order valence-electron chi connectivity index (χ2n) is 9.26. The van der Waals surface area contributed by atoms with E-state index < -0.39 is 0 Å². The third-order valence-electron chi connectivity index (χ3n) is 6.85. The van der Waals surface area contributed by atoms with Crippen LogP contribution in [0.2, 0.25) is 0 Å². The molecule has 1 fully saturated rings. The van der Waals surface area contributed by atoms with E-state index in [1.54, 1.807) is 0 Å². The van der Waals surface area contributed by atoms with Crippen LogP contribution in [0.25, 0.3) is 11.4 Å². The number of aromatic nitrogens is 3. The molecule has 1 aromatic heterocycles. The average molecular weight is 498 g/mol. The summed E-state index contributed by atoms with van der Waals surface area (Å²) >= 11 is 5.46. The third-order valence-corrected chi connectivity index (χ3v) is 7.16. The van der Waals surface area contributed by atoms with Crippen LogP contribution in [0.4, 0.5) is 0 Å². The summed E-state index contributed by atoms with van der Waals surface area (Å²) in [4.78, 5) is 17.6. The highest BCUT2D eigenvalue weighted by Gasteiger charge is 2.28. The molecule has 6 nitrogen and oxygen atoms in total. The second kappa shape index (κ2) is 11.0. The lowest BCUT2D eigenvalue weighted by atomic mass is 9.96. The molecule has 0 radical (unpaired) electrons. The first kappa shape index (κ1) is 24.2. The molecule has 3 aromatic carbocycles. The van der Waals surface area contributed by atoms with E-state index in [0.29, 0.717) is 17.7 Å². The summed E-state index contributed by atoms with van der Waals surface area (Å²) in [5.74, 6) is 0.929. The number of H-pyrrole nitrogens is 1. The largest absolute Gasteiger partial charge is 0.340 e. The Morgan fingerprint density at radius 3 is 2.17 bits per heavy atom. The normalized spacial score (nSPS) is 14.3. The lowest BCUT2D eigenvalue weighted by Gasteiger charge is -2.40. The molecule has 0 atom stereocenters. The predicted molar refractivity (Wildman–Crippen MR) is 145 cm³/mol. The number of hydrogen-bond acceptors (Lipinski definition) is 4. The molecule has 0 aliphatic carbocycles. The second-order valence-corrected chi connectivity index (χ2v) is 9.65. The molecule has 0 spiro atoms. The molecule has 4 aromatic rings. The average Bonchev–Trinajstić information content (AvgIpc) is 3.29. The molecule has 0 saturated carbocycles. The number of aromatic amines is 1. The highest BCUT2D eigenvalue weighted by atomic mass is 32.1. The lowest BCUT2D eigenvalue weighted by Crippen LogP contribution is -2.50. The Morgan fingerprint density at radius 2 is 1.56 bits per heavy atom. The van der Waals surface area contributed by atoms with Crippen molar-refractivity contribution in [2.75, 3.05) is 26.2 Å². The molecule has 2 heterocycles. The standard InChI is InChI=1S/C29H31N5OS/c1-22-9-8-14-25(21-22)28-30-31-29(36)34(28)16-15-26(35)32-17-19-33(20-18-32)27(23-10-4-2-5-11-23)24-12-6-3-7-13-24/h2-14,21,27H,15-20H2,1H3,(H,31,36). The van der Waals surface area contributed by atoms with Crippen molar-refractivity contribution >= 4 is 18.1 Å². The molecule has 5 rings (SSSR count). The van der Waals surface area contributed by atoms with Crippen LogP contribution in [-0.4, -0.2) is 56.7 Å². The van der Waals surface area contributed by atoms with Crippen LogP contribution in [0.5, 0.6) is 0 Å². The zero-order chi connectivity index (χ0) is 24.9. The van der Waals surface area contributed by atoms with Gasteiger partial charge in [0, 0.05) is 44.7 Å². The topological polar surface area (TPSA) is 57.2 Å². The van der Waals surface area contributed by atoms with Crippen molar-refractivity contribution in [1.29, 1.82) is 0 Å². The number of aryl methyl sites for hydroxylation is 1. The van der Waals surface area contributed by atoms with E-state index in [-0.39, 0.29) is 11.9 Å². The molecule has 0 bridgehead atoms. The number of piperazine rings is 1. The summed E-state index contributed by atoms with van der Waals surface area (Å²) in [6.45, 7) is 5.67. The SMILES string of the molecule is Cc1cccc(-c2n[nH]c(=S)n2CCC(=O)N2CCN(C(c3ccccc3)c3ccccc3)CC2)c1. The van der Waals surface area contributed by atoms with E-state index in [9.17, 15) is 4.79 Å². The van der Waals surface area contributed by atoms with Crippen molar-refractivity contribution in [2.24, 2.45) is 0 Å². The number of hydrogen-bond donors (Lipinski definition) is 1. The van der Waals surface area contributed by atoms with E-state index in [1.807, 2.05) is 21.6 Å². The molecule has 1 amide bonds. The number of carbonyl (C=O) groups is 1. The van der Waals surface area contributed by atoms with Gasteiger partial charge < -0.3 is 4.90 Å². The minimum atomic E-state index is 0.156. The van der Waals surface area contributed by atoms with Gasteiger partial charge in [-0.2, -0.15) is 5.10 Å². The first-order valence-corrected chi connectivity index (χ1v) is 12.8. The van der Waals surface area contributed by atoms with Gasteiger partial charge in [0.25, 0.3) is 0 Å². The number of nitrogens with zero attached hydrogens (tertiary/aromatic N) is 4. The van der Waals surface area contributed by atoms with Gasteiger partial charge in [-0.15, -0.1) is 0 Å². The van der Waals surface area contributed by atoms with E-state index in [1.165, 1.54) is 11.1 Å². The van der Waals surface area contributed by atoms with Crippen LogP contribution in [0.3, 0.4) is 0 Å². The van der Waals surface area contributed by atoms with Crippen LogP contribution < -0.4 is 0 Å². The van der Waals surface area contributed by atoms with Crippen LogP contribution in [0.1, 0.15) is 29.2 Å². The zero-order valence-corrected chi connectivity index (χ0v) is 21.3. The number of amides is 1. The molecular formula is C29H31N5OS. The zero-order valence-electron chi connectivity index (χ0n) is 20.5. The molecule has 1 aliphatic rings. The summed E-state index contributed by atoms with van der Waals surface area (Å²) in [6.07, 6.45) is 0.396. The summed E-state index contributed by atoms with van der Waals surface area (Å²) < 4.78 is 2.47. The van der Waals surface area contributed by atoms with Gasteiger partial charge in [-0.05, 0) is 36.3 Å². The van der Waals surface area contributed by atoms with Gasteiger partial charge in [-0.25, -0.2) is 0 Å². The van der Waals surface area contributed by atoms with Gasteiger partial charge in [0.1, 0.15) is 0 Å². The maximum atomic E-state index is 13.2. The Labute approximate surface area is 217 Å². The third kappa shape index (κ3) is 5.32. The van der Waals surface area contributed by atoms with E-state index >= 15 is 0 Å². The van der Waals surface area contributed by atoms with Gasteiger partial charge in [0.05, 0.1) is 6.04 Å². The number of nitrogens with one attached hydrogen (secondary N) is 1. The predicted octanol–water partition coefficient (Wildman–Crippen LogP) is 5.24. The molecule has 0 unspecified atom stereocenters. The highest BCUT2D eigenvalue weighted by molar-refractivity contribution is 7.71. The van der Waals surface area contributed by atoms with Gasteiger partial charge in [0.2, 0.25) is 5.91 Å². The number of carbonyl (C=O) groups excluding carboxylic acids is 1. The summed E-state index contributed by atoms with van der Waals surface area (Å²) in [5, 5.41) is 7.31. The molecule has 1 N–H and O–H groups in total. The van der Waals surface area contributed by atoms with E-state index in [0.717, 1.165) is 43.1 Å². The maximum absolute atomic E-state index is 13.2. The van der Waals surface area contributed by atoms with Crippen LogP contribution in [-0.2, 0) is 11.3 Å². The Morgan fingerprint density at radius 1 is 0.917 bits per heavy atom.